The maximum absolute atomic E-state index is 9.93. The highest BCUT2D eigenvalue weighted by Crippen LogP contribution is 2.44. The topological polar surface area (TPSA) is 102 Å². The summed E-state index contributed by atoms with van der Waals surface area (Å²) in [5.41, 5.74) is 3.57. The van der Waals surface area contributed by atoms with Gasteiger partial charge in [0, 0.05) is 18.7 Å². The summed E-state index contributed by atoms with van der Waals surface area (Å²) in [5.74, 6) is 0.0826. The molecular weight excluding hydrogens is 446 g/mol. The molecule has 0 bridgehead atoms. The van der Waals surface area contributed by atoms with Crippen molar-refractivity contribution in [2.45, 2.75) is 63.3 Å². The number of ether oxygens (including phenoxy) is 2. The molecule has 1 aliphatic carbocycles. The van der Waals surface area contributed by atoms with Crippen LogP contribution in [-0.4, -0.2) is 61.9 Å². The molecule has 170 valence electrons. The van der Waals surface area contributed by atoms with E-state index in [9.17, 15) is 5.11 Å². The van der Waals surface area contributed by atoms with Gasteiger partial charge in [0.05, 0.1) is 33.8 Å². The van der Waals surface area contributed by atoms with Crippen molar-refractivity contribution in [2.24, 2.45) is 5.92 Å². The van der Waals surface area contributed by atoms with Crippen LogP contribution in [0.2, 0.25) is 0 Å². The summed E-state index contributed by atoms with van der Waals surface area (Å²) in [6, 6.07) is 1.95. The van der Waals surface area contributed by atoms with Gasteiger partial charge in [-0.2, -0.15) is 0 Å². The molecule has 0 spiro atoms. The third-order valence-corrected chi connectivity index (χ3v) is 7.68. The van der Waals surface area contributed by atoms with Gasteiger partial charge in [-0.15, -0.1) is 11.3 Å². The molecule has 10 heteroatoms. The molecule has 2 N–H and O–H groups in total. The number of aryl methyl sites for hydroxylation is 2. The van der Waals surface area contributed by atoms with Crippen LogP contribution < -0.4 is 5.32 Å². The SMILES string of the molecule is CSc1nc(C)c(-c2nc3c(C)nccc3s2)c(N[C@@H]2C[C@H](CO)[C@H]3OC(C)(C)O[C@H]32)n1. The highest BCUT2D eigenvalue weighted by atomic mass is 32.2. The van der Waals surface area contributed by atoms with Crippen molar-refractivity contribution in [3.63, 3.8) is 0 Å². The fourth-order valence-electron chi connectivity index (χ4n) is 4.67. The number of aliphatic hydroxyl groups is 1. The molecule has 4 heterocycles. The number of hydrogen-bond donors (Lipinski definition) is 2. The number of pyridine rings is 1. The summed E-state index contributed by atoms with van der Waals surface area (Å²) in [4.78, 5) is 18.8. The number of nitrogens with one attached hydrogen (secondary N) is 1. The first-order valence-electron chi connectivity index (χ1n) is 10.7. The Bertz CT molecular complexity index is 1170. The van der Waals surface area contributed by atoms with Crippen LogP contribution in [0.1, 0.15) is 31.7 Å². The number of rotatable bonds is 5. The monoisotopic (exact) mass is 473 g/mol. The van der Waals surface area contributed by atoms with E-state index in [-0.39, 0.29) is 30.8 Å². The predicted molar refractivity (Wildman–Crippen MR) is 126 cm³/mol. The van der Waals surface area contributed by atoms with Crippen LogP contribution in [0.5, 0.6) is 0 Å². The molecule has 2 fully saturated rings. The van der Waals surface area contributed by atoms with Crippen LogP contribution in [0.15, 0.2) is 17.4 Å². The Hall–Kier alpha value is -1.85. The van der Waals surface area contributed by atoms with Crippen molar-refractivity contribution in [1.82, 2.24) is 19.9 Å². The van der Waals surface area contributed by atoms with E-state index in [4.69, 9.17) is 19.4 Å². The zero-order chi connectivity index (χ0) is 22.6. The van der Waals surface area contributed by atoms with E-state index in [2.05, 4.69) is 15.3 Å². The Labute approximate surface area is 195 Å². The third kappa shape index (κ3) is 3.77. The van der Waals surface area contributed by atoms with Gasteiger partial charge in [-0.25, -0.2) is 15.0 Å². The van der Waals surface area contributed by atoms with E-state index in [0.717, 1.165) is 44.4 Å². The zero-order valence-corrected chi connectivity index (χ0v) is 20.4. The van der Waals surface area contributed by atoms with Gasteiger partial charge in [-0.3, -0.25) is 4.98 Å². The second kappa shape index (κ2) is 8.18. The van der Waals surface area contributed by atoms with Crippen molar-refractivity contribution in [3.05, 3.63) is 23.7 Å². The molecule has 0 amide bonds. The minimum absolute atomic E-state index is 0.0156. The van der Waals surface area contributed by atoms with Crippen LogP contribution in [-0.2, 0) is 9.47 Å². The number of fused-ring (bicyclic) bond motifs is 2. The first-order chi connectivity index (χ1) is 15.3. The minimum Gasteiger partial charge on any atom is -0.396 e. The first kappa shape index (κ1) is 22.0. The van der Waals surface area contributed by atoms with Gasteiger partial charge in [-0.05, 0) is 46.4 Å². The lowest BCUT2D eigenvalue weighted by Crippen LogP contribution is -2.35. The van der Waals surface area contributed by atoms with Gasteiger partial charge in [0.25, 0.3) is 0 Å². The van der Waals surface area contributed by atoms with Crippen LogP contribution >= 0.6 is 23.1 Å². The van der Waals surface area contributed by atoms with E-state index in [1.807, 2.05) is 46.2 Å². The van der Waals surface area contributed by atoms with E-state index in [0.29, 0.717) is 5.16 Å². The Morgan fingerprint density at radius 1 is 1.19 bits per heavy atom. The van der Waals surface area contributed by atoms with Gasteiger partial charge in [0.1, 0.15) is 22.4 Å². The molecule has 8 nitrogen and oxygen atoms in total. The maximum atomic E-state index is 9.93. The van der Waals surface area contributed by atoms with E-state index in [1.165, 1.54) is 11.8 Å². The predicted octanol–water partition coefficient (Wildman–Crippen LogP) is 3.80. The zero-order valence-electron chi connectivity index (χ0n) is 18.7. The molecular formula is C22H27N5O3S2. The summed E-state index contributed by atoms with van der Waals surface area (Å²) in [5, 5.41) is 15.1. The second-order valence-corrected chi connectivity index (χ2v) is 10.6. The van der Waals surface area contributed by atoms with E-state index >= 15 is 0 Å². The molecule has 1 aliphatic heterocycles. The quantitative estimate of drug-likeness (QED) is 0.423. The van der Waals surface area contributed by atoms with Crippen molar-refractivity contribution in [3.8, 4) is 10.6 Å². The maximum Gasteiger partial charge on any atom is 0.189 e. The summed E-state index contributed by atoms with van der Waals surface area (Å²) in [7, 11) is 0. The lowest BCUT2D eigenvalue weighted by atomic mass is 10.1. The fraction of sp³-hybridized carbons (Fsp3) is 0.545. The molecule has 3 aromatic rings. The van der Waals surface area contributed by atoms with Crippen molar-refractivity contribution in [1.29, 1.82) is 0 Å². The van der Waals surface area contributed by atoms with E-state index in [1.54, 1.807) is 11.3 Å². The number of aliphatic hydroxyl groups excluding tert-OH is 1. The Balaban J connectivity index is 1.56. The van der Waals surface area contributed by atoms with Gasteiger partial charge in [-0.1, -0.05) is 11.8 Å². The number of aromatic nitrogens is 4. The number of thioether (sulfide) groups is 1. The van der Waals surface area contributed by atoms with Crippen molar-refractivity contribution >= 4 is 39.1 Å². The van der Waals surface area contributed by atoms with Crippen LogP contribution in [0.4, 0.5) is 5.82 Å². The normalized spacial score (nSPS) is 26.6. The largest absolute Gasteiger partial charge is 0.396 e. The Kier molecular flexibility index (Phi) is 5.61. The van der Waals surface area contributed by atoms with Crippen molar-refractivity contribution < 1.29 is 14.6 Å². The molecule has 0 aromatic carbocycles. The molecule has 0 unspecified atom stereocenters. The second-order valence-electron chi connectivity index (χ2n) is 8.78. The number of hydrogen-bond acceptors (Lipinski definition) is 10. The molecule has 4 atom stereocenters. The summed E-state index contributed by atoms with van der Waals surface area (Å²) >= 11 is 3.12. The summed E-state index contributed by atoms with van der Waals surface area (Å²) in [6.07, 6.45) is 4.21. The third-order valence-electron chi connectivity index (χ3n) is 6.09. The Morgan fingerprint density at radius 2 is 1.97 bits per heavy atom. The van der Waals surface area contributed by atoms with Crippen LogP contribution in [0.3, 0.4) is 0 Å². The lowest BCUT2D eigenvalue weighted by Gasteiger charge is -2.24. The number of thiazole rings is 1. The van der Waals surface area contributed by atoms with E-state index < -0.39 is 5.79 Å². The minimum atomic E-state index is -0.671. The lowest BCUT2D eigenvalue weighted by molar-refractivity contribution is -0.158. The average Bonchev–Trinajstić information content (AvgIpc) is 3.39. The Morgan fingerprint density at radius 3 is 2.69 bits per heavy atom. The summed E-state index contributed by atoms with van der Waals surface area (Å²) < 4.78 is 13.4. The average molecular weight is 474 g/mol. The molecule has 1 saturated heterocycles. The summed E-state index contributed by atoms with van der Waals surface area (Å²) in [6.45, 7) is 7.86. The highest BCUT2D eigenvalue weighted by molar-refractivity contribution is 7.98. The van der Waals surface area contributed by atoms with Crippen LogP contribution in [0, 0.1) is 19.8 Å². The van der Waals surface area contributed by atoms with Crippen molar-refractivity contribution in [2.75, 3.05) is 18.2 Å². The van der Waals surface area contributed by atoms with Gasteiger partial charge in [0.2, 0.25) is 0 Å². The van der Waals surface area contributed by atoms with Gasteiger partial charge >= 0.3 is 0 Å². The molecule has 0 radical (unpaired) electrons. The standard InChI is InChI=1S/C22H27N5O3S2/c1-10-15(20-26-16-11(2)23-7-6-14(16)32-20)19(27-21(24-10)31-5)25-13-8-12(9-28)17-18(13)30-22(3,4)29-17/h6-7,12-13,17-18,28H,8-9H2,1-5H3,(H,24,25,27)/t12-,13-,17-,18+/m1/s1. The molecule has 1 saturated carbocycles. The first-order valence-corrected chi connectivity index (χ1v) is 12.7. The smallest absolute Gasteiger partial charge is 0.189 e. The van der Waals surface area contributed by atoms with Gasteiger partial charge < -0.3 is 19.9 Å². The molecule has 3 aromatic heterocycles. The molecule has 5 rings (SSSR count). The fourth-order valence-corrected chi connectivity index (χ4v) is 6.19. The van der Waals surface area contributed by atoms with Gasteiger partial charge in [0.15, 0.2) is 10.9 Å². The highest BCUT2D eigenvalue weighted by Gasteiger charge is 2.54. The number of nitrogens with zero attached hydrogens (tertiary/aromatic N) is 4. The van der Waals surface area contributed by atoms with Crippen LogP contribution in [0.25, 0.3) is 20.8 Å². The number of anilines is 1. The molecule has 32 heavy (non-hydrogen) atoms. The molecule has 2 aliphatic rings.